The maximum atomic E-state index is 12.2. The van der Waals surface area contributed by atoms with Crippen molar-refractivity contribution in [2.24, 2.45) is 0 Å². The summed E-state index contributed by atoms with van der Waals surface area (Å²) in [5.41, 5.74) is 1.31. The van der Waals surface area contributed by atoms with Crippen molar-refractivity contribution < 1.29 is 13.2 Å². The van der Waals surface area contributed by atoms with Gasteiger partial charge in [-0.3, -0.25) is 9.97 Å². The summed E-state index contributed by atoms with van der Waals surface area (Å²) in [4.78, 5) is 8.15. The smallest absolute Gasteiger partial charge is 0.309 e. The van der Waals surface area contributed by atoms with E-state index in [2.05, 4.69) is 15.3 Å². The zero-order valence-electron chi connectivity index (χ0n) is 9.88. The van der Waals surface area contributed by atoms with Crippen LogP contribution in [0.1, 0.15) is 37.2 Å². The van der Waals surface area contributed by atoms with Crippen LogP contribution in [0.4, 0.5) is 13.2 Å². The molecule has 1 aromatic heterocycles. The van der Waals surface area contributed by atoms with Crippen LogP contribution >= 0.6 is 0 Å². The van der Waals surface area contributed by atoms with E-state index in [1.807, 2.05) is 6.92 Å². The summed E-state index contributed by atoms with van der Waals surface area (Å²) in [6, 6.07) is -0.394. The van der Waals surface area contributed by atoms with Crippen LogP contribution in [0.5, 0.6) is 0 Å². The van der Waals surface area contributed by atoms with Crippen molar-refractivity contribution in [3.05, 3.63) is 23.8 Å². The lowest BCUT2D eigenvalue weighted by atomic mass is 10.1. The first-order valence-corrected chi connectivity index (χ1v) is 5.51. The molecule has 0 bridgehead atoms. The summed E-state index contributed by atoms with van der Waals surface area (Å²) >= 11 is 0. The summed E-state index contributed by atoms with van der Waals surface area (Å²) in [5.74, 6) is 0. The van der Waals surface area contributed by atoms with Gasteiger partial charge in [-0.25, -0.2) is 0 Å². The minimum absolute atomic E-state index is 0.0188. The fourth-order valence-corrected chi connectivity index (χ4v) is 1.49. The van der Waals surface area contributed by atoms with Crippen molar-refractivity contribution in [3.63, 3.8) is 0 Å². The highest BCUT2D eigenvalue weighted by molar-refractivity contribution is 5.05. The normalized spacial score (nSPS) is 13.7. The van der Waals surface area contributed by atoms with Crippen molar-refractivity contribution in [1.82, 2.24) is 15.3 Å². The lowest BCUT2D eigenvalue weighted by molar-refractivity contribution is -0.136. The first-order chi connectivity index (χ1) is 7.92. The number of aromatic nitrogens is 2. The number of hydrogen-bond acceptors (Lipinski definition) is 3. The second-order valence-electron chi connectivity index (χ2n) is 3.85. The van der Waals surface area contributed by atoms with E-state index >= 15 is 0 Å². The number of nitrogens with one attached hydrogen (secondary N) is 1. The molecule has 0 amide bonds. The van der Waals surface area contributed by atoms with Crippen LogP contribution in [0.2, 0.25) is 0 Å². The Morgan fingerprint density at radius 2 is 2.00 bits per heavy atom. The number of rotatable bonds is 5. The van der Waals surface area contributed by atoms with Gasteiger partial charge in [-0.2, -0.15) is 13.2 Å². The first-order valence-electron chi connectivity index (χ1n) is 5.51. The van der Waals surface area contributed by atoms with Crippen molar-refractivity contribution in [1.29, 1.82) is 0 Å². The molecular weight excluding hydrogens is 231 g/mol. The zero-order chi connectivity index (χ0) is 12.9. The minimum Gasteiger partial charge on any atom is -0.309 e. The molecule has 0 spiro atoms. The van der Waals surface area contributed by atoms with Gasteiger partial charge in [-0.05, 0) is 19.9 Å². The second-order valence-corrected chi connectivity index (χ2v) is 3.85. The van der Waals surface area contributed by atoms with Gasteiger partial charge in [0.15, 0.2) is 0 Å². The topological polar surface area (TPSA) is 37.8 Å². The average molecular weight is 247 g/mol. The van der Waals surface area contributed by atoms with E-state index in [0.717, 1.165) is 5.69 Å². The Hall–Kier alpha value is -1.17. The third kappa shape index (κ3) is 5.12. The third-order valence-electron chi connectivity index (χ3n) is 2.32. The summed E-state index contributed by atoms with van der Waals surface area (Å²) in [5, 5.41) is 2.99. The zero-order valence-corrected chi connectivity index (χ0v) is 9.88. The van der Waals surface area contributed by atoms with E-state index in [4.69, 9.17) is 0 Å². The SMILES string of the molecule is CCNC(CCC(F)(F)F)c1cnc(C)cn1. The lowest BCUT2D eigenvalue weighted by Crippen LogP contribution is -2.24. The Bertz CT molecular complexity index is 335. The quantitative estimate of drug-likeness (QED) is 0.869. The highest BCUT2D eigenvalue weighted by atomic mass is 19.4. The van der Waals surface area contributed by atoms with E-state index in [1.54, 1.807) is 13.1 Å². The average Bonchev–Trinajstić information content (AvgIpc) is 2.24. The third-order valence-corrected chi connectivity index (χ3v) is 2.32. The van der Waals surface area contributed by atoms with Gasteiger partial charge in [0.25, 0.3) is 0 Å². The van der Waals surface area contributed by atoms with Gasteiger partial charge < -0.3 is 5.32 Å². The Morgan fingerprint density at radius 1 is 1.29 bits per heavy atom. The molecule has 6 heteroatoms. The van der Waals surface area contributed by atoms with Gasteiger partial charge in [0.05, 0.1) is 23.6 Å². The Labute approximate surface area is 98.5 Å². The lowest BCUT2D eigenvalue weighted by Gasteiger charge is -2.17. The van der Waals surface area contributed by atoms with Gasteiger partial charge in [-0.1, -0.05) is 6.92 Å². The van der Waals surface area contributed by atoms with Gasteiger partial charge in [0, 0.05) is 12.6 Å². The van der Waals surface area contributed by atoms with E-state index in [1.165, 1.54) is 6.20 Å². The van der Waals surface area contributed by atoms with Gasteiger partial charge in [-0.15, -0.1) is 0 Å². The molecule has 0 aromatic carbocycles. The van der Waals surface area contributed by atoms with Crippen LogP contribution in [0, 0.1) is 6.92 Å². The molecule has 0 saturated carbocycles. The van der Waals surface area contributed by atoms with Crippen LogP contribution in [0.15, 0.2) is 12.4 Å². The number of hydrogen-bond donors (Lipinski definition) is 1. The monoisotopic (exact) mass is 247 g/mol. The highest BCUT2D eigenvalue weighted by Crippen LogP contribution is 2.26. The molecule has 0 saturated heterocycles. The molecule has 1 heterocycles. The predicted octanol–water partition coefficient (Wildman–Crippen LogP) is 2.78. The highest BCUT2D eigenvalue weighted by Gasteiger charge is 2.28. The maximum absolute atomic E-state index is 12.2. The van der Waals surface area contributed by atoms with Crippen LogP contribution < -0.4 is 5.32 Å². The Balaban J connectivity index is 2.68. The van der Waals surface area contributed by atoms with Gasteiger partial charge in [0.2, 0.25) is 0 Å². The minimum atomic E-state index is -4.13. The second kappa shape index (κ2) is 5.95. The first kappa shape index (κ1) is 13.9. The van der Waals surface area contributed by atoms with Crippen LogP contribution in [-0.4, -0.2) is 22.7 Å². The summed E-state index contributed by atoms with van der Waals surface area (Å²) in [7, 11) is 0. The molecule has 17 heavy (non-hydrogen) atoms. The summed E-state index contributed by atoms with van der Waals surface area (Å²) in [6.45, 7) is 4.23. The molecule has 1 rings (SSSR count). The fourth-order valence-electron chi connectivity index (χ4n) is 1.49. The largest absolute Gasteiger partial charge is 0.389 e. The van der Waals surface area contributed by atoms with Crippen molar-refractivity contribution in [3.8, 4) is 0 Å². The molecular formula is C11H16F3N3. The summed E-state index contributed by atoms with van der Waals surface area (Å²) in [6.07, 6.45) is -1.88. The van der Waals surface area contributed by atoms with E-state index in [0.29, 0.717) is 12.2 Å². The van der Waals surface area contributed by atoms with Crippen LogP contribution in [-0.2, 0) is 0 Å². The fraction of sp³-hybridized carbons (Fsp3) is 0.636. The number of aryl methyl sites for hydroxylation is 1. The van der Waals surface area contributed by atoms with Crippen molar-refractivity contribution in [2.45, 2.75) is 38.9 Å². The molecule has 0 aliphatic carbocycles. The molecule has 1 unspecified atom stereocenters. The Kier molecular flexibility index (Phi) is 4.86. The molecule has 96 valence electrons. The van der Waals surface area contributed by atoms with E-state index in [9.17, 15) is 13.2 Å². The maximum Gasteiger partial charge on any atom is 0.389 e. The van der Waals surface area contributed by atoms with Crippen molar-refractivity contribution >= 4 is 0 Å². The molecule has 0 aliphatic heterocycles. The van der Waals surface area contributed by atoms with E-state index in [-0.39, 0.29) is 6.42 Å². The van der Waals surface area contributed by atoms with Crippen molar-refractivity contribution in [2.75, 3.05) is 6.54 Å². The molecule has 1 N–H and O–H groups in total. The van der Waals surface area contributed by atoms with Gasteiger partial charge in [0.1, 0.15) is 0 Å². The van der Waals surface area contributed by atoms with Crippen LogP contribution in [0.3, 0.4) is 0 Å². The number of alkyl halides is 3. The Morgan fingerprint density at radius 3 is 2.47 bits per heavy atom. The molecule has 0 aliphatic rings. The van der Waals surface area contributed by atoms with E-state index < -0.39 is 18.6 Å². The standard InChI is InChI=1S/C11H16F3N3/c1-3-15-9(4-5-11(12,13)14)10-7-16-8(2)6-17-10/h6-7,9,15H,3-5H2,1-2H3. The molecule has 0 radical (unpaired) electrons. The van der Waals surface area contributed by atoms with Gasteiger partial charge >= 0.3 is 6.18 Å². The molecule has 1 atom stereocenters. The number of halogens is 3. The molecule has 1 aromatic rings. The molecule has 0 fully saturated rings. The summed E-state index contributed by atoms with van der Waals surface area (Å²) < 4.78 is 36.5. The van der Waals surface area contributed by atoms with Crippen LogP contribution in [0.25, 0.3) is 0 Å². The predicted molar refractivity (Wildman–Crippen MR) is 58.5 cm³/mol. The molecule has 3 nitrogen and oxygen atoms in total. The number of nitrogens with zero attached hydrogens (tertiary/aromatic N) is 2.